The van der Waals surface area contributed by atoms with Crippen molar-refractivity contribution in [1.29, 1.82) is 0 Å². The lowest BCUT2D eigenvalue weighted by atomic mass is 10.2. The van der Waals surface area contributed by atoms with E-state index in [2.05, 4.69) is 10.5 Å². The van der Waals surface area contributed by atoms with Gasteiger partial charge in [-0.1, -0.05) is 0 Å². The average molecular weight is 333 g/mol. The van der Waals surface area contributed by atoms with Crippen LogP contribution >= 0.6 is 0 Å². The standard InChI is InChI=1S/C14H11N3O7/c1-21-10-4-8(5-11-13(10)23-7-22-11)6-15-16-14(18)9-2-3-12(24-9)17(19)20/h2-6H,7H2,1H3,(H,16,18). The molecule has 1 aromatic carbocycles. The number of methoxy groups -OCH3 is 1. The van der Waals surface area contributed by atoms with Crippen molar-refractivity contribution in [3.8, 4) is 17.2 Å². The lowest BCUT2D eigenvalue weighted by Crippen LogP contribution is -2.16. The third-order valence-electron chi connectivity index (χ3n) is 3.06. The minimum Gasteiger partial charge on any atom is -0.493 e. The summed E-state index contributed by atoms with van der Waals surface area (Å²) in [6.07, 6.45) is 1.36. The SMILES string of the molecule is COc1cc(C=NNC(=O)c2ccc([N+](=O)[O-])o2)cc2c1OCO2. The number of nitro groups is 1. The normalized spacial score (nSPS) is 12.4. The molecule has 0 fully saturated rings. The van der Waals surface area contributed by atoms with E-state index < -0.39 is 16.7 Å². The maximum absolute atomic E-state index is 11.8. The van der Waals surface area contributed by atoms with E-state index in [1.54, 1.807) is 12.1 Å². The van der Waals surface area contributed by atoms with Crippen LogP contribution in [0.25, 0.3) is 0 Å². The van der Waals surface area contributed by atoms with Gasteiger partial charge >= 0.3 is 11.8 Å². The Morgan fingerprint density at radius 3 is 2.96 bits per heavy atom. The summed E-state index contributed by atoms with van der Waals surface area (Å²) in [5, 5.41) is 14.3. The summed E-state index contributed by atoms with van der Waals surface area (Å²) >= 11 is 0. The fraction of sp³-hybridized carbons (Fsp3) is 0.143. The number of amides is 1. The lowest BCUT2D eigenvalue weighted by molar-refractivity contribution is -0.402. The van der Waals surface area contributed by atoms with Gasteiger partial charge in [0.15, 0.2) is 11.5 Å². The van der Waals surface area contributed by atoms with Gasteiger partial charge in [-0.2, -0.15) is 5.10 Å². The smallest absolute Gasteiger partial charge is 0.433 e. The molecule has 0 spiro atoms. The zero-order valence-corrected chi connectivity index (χ0v) is 12.3. The van der Waals surface area contributed by atoms with Crippen molar-refractivity contribution in [3.05, 3.63) is 45.7 Å². The summed E-state index contributed by atoms with van der Waals surface area (Å²) in [5.41, 5.74) is 2.81. The third kappa shape index (κ3) is 2.97. The van der Waals surface area contributed by atoms with E-state index in [-0.39, 0.29) is 12.6 Å². The van der Waals surface area contributed by atoms with Crippen LogP contribution < -0.4 is 19.6 Å². The van der Waals surface area contributed by atoms with E-state index in [0.717, 1.165) is 6.07 Å². The van der Waals surface area contributed by atoms with E-state index >= 15 is 0 Å². The highest BCUT2D eigenvalue weighted by Crippen LogP contribution is 2.41. The number of nitrogens with zero attached hydrogens (tertiary/aromatic N) is 2. The molecule has 3 rings (SSSR count). The predicted octanol–water partition coefficient (Wildman–Crippen LogP) is 1.69. The molecule has 1 N–H and O–H groups in total. The molecule has 0 radical (unpaired) electrons. The van der Waals surface area contributed by atoms with Gasteiger partial charge in [0.1, 0.15) is 4.92 Å². The first-order chi connectivity index (χ1) is 11.6. The van der Waals surface area contributed by atoms with E-state index in [1.807, 2.05) is 0 Å². The van der Waals surface area contributed by atoms with Crippen molar-refractivity contribution < 1.29 is 28.3 Å². The number of carbonyl (C=O) groups is 1. The molecule has 10 nitrogen and oxygen atoms in total. The largest absolute Gasteiger partial charge is 0.493 e. The second-order valence-corrected chi connectivity index (χ2v) is 4.55. The van der Waals surface area contributed by atoms with Crippen LogP contribution in [0, 0.1) is 10.1 Å². The first kappa shape index (κ1) is 15.3. The molecule has 1 aliphatic heterocycles. The van der Waals surface area contributed by atoms with E-state index in [0.29, 0.717) is 22.8 Å². The molecular formula is C14H11N3O7. The number of hydrogen-bond donors (Lipinski definition) is 1. The van der Waals surface area contributed by atoms with Gasteiger partial charge in [0, 0.05) is 5.56 Å². The minimum atomic E-state index is -0.737. The molecule has 2 aromatic rings. The van der Waals surface area contributed by atoms with Crippen LogP contribution in [0.15, 0.2) is 33.8 Å². The number of carbonyl (C=O) groups excluding carboxylic acids is 1. The molecule has 10 heteroatoms. The molecule has 0 aliphatic carbocycles. The maximum atomic E-state index is 11.8. The second-order valence-electron chi connectivity index (χ2n) is 4.55. The Morgan fingerprint density at radius 2 is 2.25 bits per heavy atom. The fourth-order valence-electron chi connectivity index (χ4n) is 1.99. The van der Waals surface area contributed by atoms with Crippen LogP contribution in [-0.2, 0) is 0 Å². The summed E-state index contributed by atoms with van der Waals surface area (Å²) in [6, 6.07) is 5.59. The summed E-state index contributed by atoms with van der Waals surface area (Å²) < 4.78 is 20.5. The highest BCUT2D eigenvalue weighted by molar-refractivity contribution is 5.92. The van der Waals surface area contributed by atoms with Gasteiger partial charge in [0.25, 0.3) is 0 Å². The van der Waals surface area contributed by atoms with Crippen molar-refractivity contribution in [2.45, 2.75) is 0 Å². The molecule has 24 heavy (non-hydrogen) atoms. The summed E-state index contributed by atoms with van der Waals surface area (Å²) in [7, 11) is 1.49. The number of fused-ring (bicyclic) bond motifs is 1. The topological polar surface area (TPSA) is 125 Å². The van der Waals surface area contributed by atoms with Crippen molar-refractivity contribution in [1.82, 2.24) is 5.43 Å². The van der Waals surface area contributed by atoms with Crippen LogP contribution in [0.1, 0.15) is 16.1 Å². The summed E-state index contributed by atoms with van der Waals surface area (Å²) in [4.78, 5) is 21.5. The quantitative estimate of drug-likeness (QED) is 0.501. The molecule has 0 saturated heterocycles. The molecule has 2 heterocycles. The molecule has 0 atom stereocenters. The Morgan fingerprint density at radius 1 is 1.42 bits per heavy atom. The van der Waals surface area contributed by atoms with Crippen LogP contribution in [-0.4, -0.2) is 30.9 Å². The zero-order chi connectivity index (χ0) is 17.1. The number of ether oxygens (including phenoxy) is 3. The highest BCUT2D eigenvalue weighted by atomic mass is 16.7. The Bertz CT molecular complexity index is 828. The summed E-state index contributed by atoms with van der Waals surface area (Å²) in [6.45, 7) is 0.0975. The van der Waals surface area contributed by atoms with Crippen LogP contribution in [0.4, 0.5) is 5.88 Å². The average Bonchev–Trinajstić information content (AvgIpc) is 3.23. The number of furan rings is 1. The van der Waals surface area contributed by atoms with E-state index in [4.69, 9.17) is 18.6 Å². The lowest BCUT2D eigenvalue weighted by Gasteiger charge is -2.05. The van der Waals surface area contributed by atoms with Crippen molar-refractivity contribution in [2.24, 2.45) is 5.10 Å². The van der Waals surface area contributed by atoms with Gasteiger partial charge in [-0.15, -0.1) is 0 Å². The van der Waals surface area contributed by atoms with E-state index in [1.165, 1.54) is 19.4 Å². The van der Waals surface area contributed by atoms with Crippen LogP contribution in [0.5, 0.6) is 17.2 Å². The molecule has 1 aliphatic rings. The molecule has 1 aromatic heterocycles. The van der Waals surface area contributed by atoms with Gasteiger partial charge in [-0.3, -0.25) is 14.9 Å². The minimum absolute atomic E-state index is 0.0975. The number of hydrogen-bond acceptors (Lipinski definition) is 8. The van der Waals surface area contributed by atoms with Crippen molar-refractivity contribution in [3.63, 3.8) is 0 Å². The second kappa shape index (κ2) is 6.28. The zero-order valence-electron chi connectivity index (χ0n) is 12.3. The molecular weight excluding hydrogens is 322 g/mol. The Hall–Kier alpha value is -3.56. The van der Waals surface area contributed by atoms with Gasteiger partial charge in [-0.05, 0) is 18.2 Å². The number of benzene rings is 1. The van der Waals surface area contributed by atoms with Crippen LogP contribution in [0.3, 0.4) is 0 Å². The Kier molecular flexibility index (Phi) is 4.01. The molecule has 0 unspecified atom stereocenters. The maximum Gasteiger partial charge on any atom is 0.433 e. The Labute approximate surface area is 134 Å². The third-order valence-corrected chi connectivity index (χ3v) is 3.06. The Balaban J connectivity index is 1.70. The van der Waals surface area contributed by atoms with Crippen molar-refractivity contribution in [2.75, 3.05) is 13.9 Å². The first-order valence-electron chi connectivity index (χ1n) is 6.63. The highest BCUT2D eigenvalue weighted by Gasteiger charge is 2.20. The molecule has 124 valence electrons. The monoisotopic (exact) mass is 333 g/mol. The van der Waals surface area contributed by atoms with E-state index in [9.17, 15) is 14.9 Å². The number of nitrogens with one attached hydrogen (secondary N) is 1. The van der Waals surface area contributed by atoms with Crippen LogP contribution in [0.2, 0.25) is 0 Å². The van der Waals surface area contributed by atoms with Gasteiger partial charge in [-0.25, -0.2) is 5.43 Å². The molecule has 0 bridgehead atoms. The van der Waals surface area contributed by atoms with Crippen molar-refractivity contribution >= 4 is 18.0 Å². The molecule has 1 amide bonds. The number of hydrazone groups is 1. The van der Waals surface area contributed by atoms with Gasteiger partial charge in [0.05, 0.1) is 19.4 Å². The fourth-order valence-corrected chi connectivity index (χ4v) is 1.99. The van der Waals surface area contributed by atoms with Gasteiger partial charge in [0.2, 0.25) is 18.3 Å². The predicted molar refractivity (Wildman–Crippen MR) is 79.5 cm³/mol. The van der Waals surface area contributed by atoms with Gasteiger partial charge < -0.3 is 18.6 Å². The summed E-state index contributed by atoms with van der Waals surface area (Å²) in [5.74, 6) is 0.0172. The number of rotatable bonds is 5. The molecule has 0 saturated carbocycles. The first-order valence-corrected chi connectivity index (χ1v) is 6.63.